The van der Waals surface area contributed by atoms with Crippen LogP contribution in [0.5, 0.6) is 0 Å². The number of hydrogen-bond donors (Lipinski definition) is 1. The van der Waals surface area contributed by atoms with E-state index in [4.69, 9.17) is 0 Å². The molecule has 0 radical (unpaired) electrons. The van der Waals surface area contributed by atoms with E-state index >= 15 is 0 Å². The van der Waals surface area contributed by atoms with Gasteiger partial charge in [0.2, 0.25) is 5.91 Å². The maximum atomic E-state index is 12.0. The number of aromatic nitrogens is 2. The molecule has 2 rings (SSSR count). The van der Waals surface area contributed by atoms with Crippen LogP contribution < -0.4 is 5.32 Å². The van der Waals surface area contributed by atoms with Crippen molar-refractivity contribution in [2.45, 2.75) is 25.5 Å². The van der Waals surface area contributed by atoms with Crippen molar-refractivity contribution in [2.75, 3.05) is 11.1 Å². The van der Waals surface area contributed by atoms with Gasteiger partial charge in [-0.25, -0.2) is 4.98 Å². The van der Waals surface area contributed by atoms with Crippen LogP contribution >= 0.6 is 27.7 Å². The molecule has 6 heteroatoms. The lowest BCUT2D eigenvalue weighted by Crippen LogP contribution is -2.15. The number of carbonyl (C=O) groups excluding carboxylic acids is 1. The number of thioether (sulfide) groups is 1. The molecule has 0 fully saturated rings. The van der Waals surface area contributed by atoms with E-state index in [-0.39, 0.29) is 5.91 Å². The number of nitrogens with one attached hydrogen (secondary N) is 1. The highest BCUT2D eigenvalue weighted by atomic mass is 79.9. The van der Waals surface area contributed by atoms with E-state index in [0.29, 0.717) is 5.75 Å². The van der Waals surface area contributed by atoms with Crippen LogP contribution in [0, 0.1) is 6.92 Å². The summed E-state index contributed by atoms with van der Waals surface area (Å²) in [6.07, 6.45) is 3.66. The van der Waals surface area contributed by atoms with E-state index in [0.717, 1.165) is 27.4 Å². The molecule has 0 saturated carbocycles. The van der Waals surface area contributed by atoms with Crippen molar-refractivity contribution < 1.29 is 4.79 Å². The van der Waals surface area contributed by atoms with Crippen LogP contribution in [-0.2, 0) is 11.3 Å². The molecule has 1 N–H and O–H groups in total. The fraction of sp³-hybridized carbons (Fsp3) is 0.286. The molecule has 0 aliphatic rings. The summed E-state index contributed by atoms with van der Waals surface area (Å²) in [5.41, 5.74) is 1.94. The molecular weight excluding hydrogens is 338 g/mol. The monoisotopic (exact) mass is 353 g/mol. The molecular formula is C14H16BrN3OS. The highest BCUT2D eigenvalue weighted by Crippen LogP contribution is 2.24. The molecule has 0 spiro atoms. The largest absolute Gasteiger partial charge is 0.326 e. The minimum absolute atomic E-state index is 0.0368. The molecule has 106 valence electrons. The summed E-state index contributed by atoms with van der Waals surface area (Å²) >= 11 is 4.89. The van der Waals surface area contributed by atoms with Gasteiger partial charge in [0.05, 0.1) is 11.4 Å². The lowest BCUT2D eigenvalue weighted by atomic mass is 10.2. The first kappa shape index (κ1) is 15.1. The number of nitrogens with zero attached hydrogens (tertiary/aromatic N) is 2. The van der Waals surface area contributed by atoms with Gasteiger partial charge in [-0.1, -0.05) is 17.8 Å². The Morgan fingerprint density at radius 3 is 3.00 bits per heavy atom. The zero-order valence-corrected chi connectivity index (χ0v) is 13.8. The van der Waals surface area contributed by atoms with Crippen LogP contribution in [0.15, 0.2) is 40.2 Å². The van der Waals surface area contributed by atoms with Gasteiger partial charge in [0.25, 0.3) is 0 Å². The summed E-state index contributed by atoms with van der Waals surface area (Å²) in [6.45, 7) is 4.92. The van der Waals surface area contributed by atoms with Crippen LogP contribution in [0.25, 0.3) is 0 Å². The minimum atomic E-state index is -0.0368. The Bertz CT molecular complexity index is 612. The van der Waals surface area contributed by atoms with Crippen molar-refractivity contribution in [1.82, 2.24) is 9.55 Å². The van der Waals surface area contributed by atoms with E-state index in [2.05, 4.69) is 33.2 Å². The Morgan fingerprint density at radius 1 is 1.50 bits per heavy atom. The molecule has 0 aliphatic heterocycles. The zero-order chi connectivity index (χ0) is 14.5. The molecule has 1 aromatic heterocycles. The van der Waals surface area contributed by atoms with Gasteiger partial charge in [0.1, 0.15) is 0 Å². The maximum Gasteiger partial charge on any atom is 0.234 e. The van der Waals surface area contributed by atoms with Gasteiger partial charge < -0.3 is 9.88 Å². The molecule has 1 aromatic carbocycles. The molecule has 0 aliphatic carbocycles. The first-order chi connectivity index (χ1) is 9.60. The summed E-state index contributed by atoms with van der Waals surface area (Å²) in [5, 5.41) is 3.76. The molecule has 2 aromatic rings. The quantitative estimate of drug-likeness (QED) is 0.833. The molecule has 0 bridgehead atoms. The first-order valence-electron chi connectivity index (χ1n) is 6.30. The van der Waals surface area contributed by atoms with Gasteiger partial charge in [0, 0.05) is 23.4 Å². The summed E-state index contributed by atoms with van der Waals surface area (Å²) in [7, 11) is 0. The van der Waals surface area contributed by atoms with Gasteiger partial charge in [-0.2, -0.15) is 0 Å². The highest BCUT2D eigenvalue weighted by Gasteiger charge is 2.09. The summed E-state index contributed by atoms with van der Waals surface area (Å²) < 4.78 is 2.91. The summed E-state index contributed by atoms with van der Waals surface area (Å²) in [6, 6.07) is 5.85. The number of hydrogen-bond acceptors (Lipinski definition) is 3. The highest BCUT2D eigenvalue weighted by molar-refractivity contribution is 9.10. The number of amides is 1. The van der Waals surface area contributed by atoms with E-state index in [1.807, 2.05) is 35.9 Å². The van der Waals surface area contributed by atoms with E-state index in [1.54, 1.807) is 6.20 Å². The second kappa shape index (κ2) is 6.95. The van der Waals surface area contributed by atoms with Gasteiger partial charge in [-0.3, -0.25) is 4.79 Å². The molecule has 0 atom stereocenters. The Balaban J connectivity index is 1.93. The molecule has 20 heavy (non-hydrogen) atoms. The fourth-order valence-corrected chi connectivity index (χ4v) is 3.13. The first-order valence-corrected chi connectivity index (χ1v) is 8.08. The standard InChI is InChI=1S/C14H16BrN3OS/c1-3-18-7-6-16-14(18)20-9-13(19)17-12-5-4-10(2)8-11(12)15/h4-8H,3,9H2,1-2H3,(H,17,19). The lowest BCUT2D eigenvalue weighted by molar-refractivity contribution is -0.113. The second-order valence-corrected chi connectivity index (χ2v) is 6.11. The zero-order valence-electron chi connectivity index (χ0n) is 11.4. The normalized spacial score (nSPS) is 10.6. The second-order valence-electron chi connectivity index (χ2n) is 4.32. The number of halogens is 1. The topological polar surface area (TPSA) is 46.9 Å². The number of rotatable bonds is 5. The summed E-state index contributed by atoms with van der Waals surface area (Å²) in [5.74, 6) is 0.308. The van der Waals surface area contributed by atoms with Crippen LogP contribution in [0.3, 0.4) is 0 Å². The fourth-order valence-electron chi connectivity index (χ4n) is 1.71. The van der Waals surface area contributed by atoms with Gasteiger partial charge in [-0.15, -0.1) is 0 Å². The van der Waals surface area contributed by atoms with Crippen molar-refractivity contribution in [3.05, 3.63) is 40.6 Å². The summed E-state index contributed by atoms with van der Waals surface area (Å²) in [4.78, 5) is 16.2. The van der Waals surface area contributed by atoms with Gasteiger partial charge in [-0.05, 0) is 47.5 Å². The minimum Gasteiger partial charge on any atom is -0.326 e. The predicted octanol–water partition coefficient (Wildman–Crippen LogP) is 3.70. The molecule has 0 saturated heterocycles. The number of imidazole rings is 1. The number of carbonyl (C=O) groups is 1. The SMILES string of the molecule is CCn1ccnc1SCC(=O)Nc1ccc(C)cc1Br. The number of anilines is 1. The van der Waals surface area contributed by atoms with Crippen LogP contribution in [0.2, 0.25) is 0 Å². The third-order valence-electron chi connectivity index (χ3n) is 2.75. The lowest BCUT2D eigenvalue weighted by Gasteiger charge is -2.08. The van der Waals surface area contributed by atoms with Crippen LogP contribution in [-0.4, -0.2) is 21.2 Å². The Hall–Kier alpha value is -1.27. The predicted molar refractivity (Wildman–Crippen MR) is 86.1 cm³/mol. The molecule has 1 amide bonds. The van der Waals surface area contributed by atoms with E-state index in [1.165, 1.54) is 11.8 Å². The number of benzene rings is 1. The Morgan fingerprint density at radius 2 is 2.30 bits per heavy atom. The maximum absolute atomic E-state index is 12.0. The van der Waals surface area contributed by atoms with Crippen molar-refractivity contribution >= 4 is 39.3 Å². The smallest absolute Gasteiger partial charge is 0.234 e. The van der Waals surface area contributed by atoms with Crippen molar-refractivity contribution in [3.8, 4) is 0 Å². The average molecular weight is 354 g/mol. The molecule has 1 heterocycles. The number of aryl methyl sites for hydroxylation is 2. The molecule has 4 nitrogen and oxygen atoms in total. The third-order valence-corrected chi connectivity index (χ3v) is 4.41. The van der Waals surface area contributed by atoms with E-state index in [9.17, 15) is 4.79 Å². The van der Waals surface area contributed by atoms with Crippen LogP contribution in [0.4, 0.5) is 5.69 Å². The van der Waals surface area contributed by atoms with Crippen molar-refractivity contribution in [1.29, 1.82) is 0 Å². The molecule has 0 unspecified atom stereocenters. The van der Waals surface area contributed by atoms with E-state index < -0.39 is 0 Å². The Kier molecular flexibility index (Phi) is 5.25. The van der Waals surface area contributed by atoms with Crippen molar-refractivity contribution in [3.63, 3.8) is 0 Å². The van der Waals surface area contributed by atoms with Crippen LogP contribution in [0.1, 0.15) is 12.5 Å². The van der Waals surface area contributed by atoms with Gasteiger partial charge >= 0.3 is 0 Å². The third kappa shape index (κ3) is 3.86. The van der Waals surface area contributed by atoms with Crippen molar-refractivity contribution in [2.24, 2.45) is 0 Å². The Labute approximate surface area is 131 Å². The van der Waals surface area contributed by atoms with Gasteiger partial charge in [0.15, 0.2) is 5.16 Å². The average Bonchev–Trinajstić information content (AvgIpc) is 2.87.